The Morgan fingerprint density at radius 1 is 1.21 bits per heavy atom. The third kappa shape index (κ3) is 2.58. The fraction of sp³-hybridized carbons (Fsp3) is 0.389. The summed E-state index contributed by atoms with van der Waals surface area (Å²) in [4.78, 5) is 25.8. The second kappa shape index (κ2) is 5.78. The van der Waals surface area contributed by atoms with Gasteiger partial charge in [-0.2, -0.15) is 5.10 Å². The van der Waals surface area contributed by atoms with Gasteiger partial charge in [0.05, 0.1) is 5.69 Å². The molecule has 126 valence electrons. The quantitative estimate of drug-likeness (QED) is 0.940. The molecule has 1 unspecified atom stereocenters. The number of carboxylic acids is 1. The Hall–Kier alpha value is -2.63. The van der Waals surface area contributed by atoms with Crippen LogP contribution >= 0.6 is 0 Å². The van der Waals surface area contributed by atoms with Gasteiger partial charge in [-0.05, 0) is 51.8 Å². The third-order valence-corrected chi connectivity index (χ3v) is 4.73. The molecular weight excluding hydrogens is 306 g/mol. The molecule has 3 rings (SSSR count). The lowest BCUT2D eigenvalue weighted by Gasteiger charge is -2.30. The summed E-state index contributed by atoms with van der Waals surface area (Å²) in [5.41, 5.74) is 1.98. The molecule has 6 nitrogen and oxygen atoms in total. The number of carbonyl (C=O) groups is 2. The molecule has 1 fully saturated rings. The van der Waals surface area contributed by atoms with Gasteiger partial charge in [-0.25, -0.2) is 9.48 Å². The van der Waals surface area contributed by atoms with Gasteiger partial charge in [-0.1, -0.05) is 17.7 Å². The predicted octanol–water partition coefficient (Wildman–Crippen LogP) is 2.57. The molecule has 24 heavy (non-hydrogen) atoms. The Bertz CT molecular complexity index is 794. The zero-order valence-electron chi connectivity index (χ0n) is 14.1. The molecule has 1 atom stereocenters. The summed E-state index contributed by atoms with van der Waals surface area (Å²) in [5.74, 6) is -1.30. The van der Waals surface area contributed by atoms with E-state index in [1.54, 1.807) is 17.7 Å². The third-order valence-electron chi connectivity index (χ3n) is 4.73. The van der Waals surface area contributed by atoms with E-state index in [2.05, 4.69) is 5.10 Å². The number of benzene rings is 1. The van der Waals surface area contributed by atoms with Gasteiger partial charge < -0.3 is 10.0 Å². The minimum Gasteiger partial charge on any atom is -0.480 e. The second-order valence-corrected chi connectivity index (χ2v) is 6.56. The first-order chi connectivity index (χ1) is 11.3. The van der Waals surface area contributed by atoms with Crippen molar-refractivity contribution in [2.45, 2.75) is 39.2 Å². The summed E-state index contributed by atoms with van der Waals surface area (Å²) in [5, 5.41) is 13.9. The van der Waals surface area contributed by atoms with Crippen LogP contribution in [-0.4, -0.2) is 43.7 Å². The molecule has 0 radical (unpaired) electrons. The lowest BCUT2D eigenvalue weighted by atomic mass is 9.99. The normalized spacial score (nSPS) is 20.4. The number of hydrogen-bond acceptors (Lipinski definition) is 3. The van der Waals surface area contributed by atoms with Crippen LogP contribution in [0.25, 0.3) is 5.69 Å². The summed E-state index contributed by atoms with van der Waals surface area (Å²) in [6.45, 7) is 5.93. The van der Waals surface area contributed by atoms with Crippen LogP contribution in [0.2, 0.25) is 0 Å². The summed E-state index contributed by atoms with van der Waals surface area (Å²) in [6.07, 6.45) is 1.15. The van der Waals surface area contributed by atoms with Crippen LogP contribution in [0.3, 0.4) is 0 Å². The van der Waals surface area contributed by atoms with Crippen molar-refractivity contribution < 1.29 is 14.7 Å². The molecule has 0 bridgehead atoms. The molecule has 0 saturated carbocycles. The lowest BCUT2D eigenvalue weighted by Crippen LogP contribution is -2.50. The van der Waals surface area contributed by atoms with E-state index in [0.29, 0.717) is 19.4 Å². The fourth-order valence-corrected chi connectivity index (χ4v) is 3.18. The number of likely N-dealkylation sites (tertiary alicyclic amines) is 1. The average molecular weight is 327 g/mol. The summed E-state index contributed by atoms with van der Waals surface area (Å²) in [7, 11) is 0. The van der Waals surface area contributed by atoms with Crippen molar-refractivity contribution in [2.24, 2.45) is 0 Å². The highest BCUT2D eigenvalue weighted by Crippen LogP contribution is 2.30. The molecular formula is C18H21N3O3. The largest absolute Gasteiger partial charge is 0.480 e. The maximum Gasteiger partial charge on any atom is 0.329 e. The van der Waals surface area contributed by atoms with Crippen molar-refractivity contribution in [1.29, 1.82) is 0 Å². The van der Waals surface area contributed by atoms with Gasteiger partial charge in [-0.15, -0.1) is 0 Å². The Morgan fingerprint density at radius 2 is 1.88 bits per heavy atom. The van der Waals surface area contributed by atoms with Gasteiger partial charge in [0.2, 0.25) is 0 Å². The molecule has 1 aliphatic heterocycles. The minimum absolute atomic E-state index is 0.280. The molecule has 1 saturated heterocycles. The van der Waals surface area contributed by atoms with E-state index in [0.717, 1.165) is 16.9 Å². The topological polar surface area (TPSA) is 75.4 Å². The number of carboxylic acid groups (broad SMARTS) is 1. The lowest BCUT2D eigenvalue weighted by molar-refractivity contribution is -0.147. The molecule has 2 heterocycles. The molecule has 1 N–H and O–H groups in total. The van der Waals surface area contributed by atoms with Gasteiger partial charge in [0, 0.05) is 12.2 Å². The number of nitrogens with zero attached hydrogens (tertiary/aromatic N) is 3. The Balaban J connectivity index is 1.93. The van der Waals surface area contributed by atoms with Crippen molar-refractivity contribution in [3.63, 3.8) is 0 Å². The van der Waals surface area contributed by atoms with Crippen LogP contribution in [-0.2, 0) is 4.79 Å². The summed E-state index contributed by atoms with van der Waals surface area (Å²) in [6, 6.07) is 9.57. The Kier molecular flexibility index (Phi) is 3.91. The van der Waals surface area contributed by atoms with Crippen LogP contribution < -0.4 is 0 Å². The molecule has 0 aliphatic carbocycles. The first-order valence-corrected chi connectivity index (χ1v) is 8.02. The van der Waals surface area contributed by atoms with Crippen molar-refractivity contribution in [3.8, 4) is 5.69 Å². The van der Waals surface area contributed by atoms with Crippen molar-refractivity contribution >= 4 is 11.9 Å². The maximum absolute atomic E-state index is 12.8. The number of aromatic nitrogens is 2. The van der Waals surface area contributed by atoms with Gasteiger partial charge in [0.15, 0.2) is 5.69 Å². The predicted molar refractivity (Wildman–Crippen MR) is 89.3 cm³/mol. The van der Waals surface area contributed by atoms with Crippen molar-refractivity contribution in [3.05, 3.63) is 47.3 Å². The SMILES string of the molecule is Cc1ccc(-n2nc(C(=O)N3CCCC3(C)C(=O)O)cc2C)cc1. The second-order valence-electron chi connectivity index (χ2n) is 6.56. The highest BCUT2D eigenvalue weighted by molar-refractivity contribution is 5.96. The molecule has 2 aromatic rings. The zero-order valence-corrected chi connectivity index (χ0v) is 14.1. The van der Waals surface area contributed by atoms with E-state index in [1.165, 1.54) is 4.90 Å². The van der Waals surface area contributed by atoms with E-state index in [-0.39, 0.29) is 11.6 Å². The van der Waals surface area contributed by atoms with E-state index in [9.17, 15) is 14.7 Å². The van der Waals surface area contributed by atoms with Crippen LogP contribution in [0.15, 0.2) is 30.3 Å². The molecule has 6 heteroatoms. The van der Waals surface area contributed by atoms with Crippen LogP contribution in [0.5, 0.6) is 0 Å². The average Bonchev–Trinajstić information content (AvgIpc) is 3.12. The molecule has 1 aliphatic rings. The van der Waals surface area contributed by atoms with Crippen LogP contribution in [0.4, 0.5) is 0 Å². The highest BCUT2D eigenvalue weighted by Gasteiger charge is 2.46. The van der Waals surface area contributed by atoms with E-state index < -0.39 is 11.5 Å². The fourth-order valence-electron chi connectivity index (χ4n) is 3.18. The van der Waals surface area contributed by atoms with E-state index >= 15 is 0 Å². The van der Waals surface area contributed by atoms with Gasteiger partial charge in [-0.3, -0.25) is 4.79 Å². The first kappa shape index (κ1) is 16.2. The monoisotopic (exact) mass is 327 g/mol. The van der Waals surface area contributed by atoms with Crippen LogP contribution in [0.1, 0.15) is 41.5 Å². The van der Waals surface area contributed by atoms with Gasteiger partial charge >= 0.3 is 5.97 Å². The Morgan fingerprint density at radius 3 is 2.50 bits per heavy atom. The number of hydrogen-bond donors (Lipinski definition) is 1. The molecule has 1 aromatic carbocycles. The standard InChI is InChI=1S/C18H21N3O3/c1-12-5-7-14(8-6-12)21-13(2)11-15(19-21)16(22)20-10-4-9-18(20,3)17(23)24/h5-8,11H,4,9-10H2,1-3H3,(H,23,24). The van der Waals surface area contributed by atoms with Crippen molar-refractivity contribution in [1.82, 2.24) is 14.7 Å². The Labute approximate surface area is 140 Å². The number of amides is 1. The first-order valence-electron chi connectivity index (χ1n) is 8.02. The number of aryl methyl sites for hydroxylation is 2. The highest BCUT2D eigenvalue weighted by atomic mass is 16.4. The van der Waals surface area contributed by atoms with Crippen LogP contribution in [0, 0.1) is 13.8 Å². The molecule has 1 aromatic heterocycles. The molecule has 0 spiro atoms. The summed E-state index contributed by atoms with van der Waals surface area (Å²) >= 11 is 0. The van der Waals surface area contributed by atoms with E-state index in [4.69, 9.17) is 0 Å². The summed E-state index contributed by atoms with van der Waals surface area (Å²) < 4.78 is 1.71. The molecule has 1 amide bonds. The number of carbonyl (C=O) groups excluding carboxylic acids is 1. The smallest absolute Gasteiger partial charge is 0.329 e. The van der Waals surface area contributed by atoms with Gasteiger partial charge in [0.1, 0.15) is 5.54 Å². The van der Waals surface area contributed by atoms with E-state index in [1.807, 2.05) is 38.1 Å². The van der Waals surface area contributed by atoms with Gasteiger partial charge in [0.25, 0.3) is 5.91 Å². The number of aliphatic carboxylic acids is 1. The zero-order chi connectivity index (χ0) is 17.5. The van der Waals surface area contributed by atoms with Crippen molar-refractivity contribution in [2.75, 3.05) is 6.54 Å². The minimum atomic E-state index is -1.15. The maximum atomic E-state index is 12.8. The number of rotatable bonds is 3.